The summed E-state index contributed by atoms with van der Waals surface area (Å²) in [5.41, 5.74) is 23.2. The van der Waals surface area contributed by atoms with E-state index in [1.165, 1.54) is 122 Å². The molecule has 0 saturated carbocycles. The summed E-state index contributed by atoms with van der Waals surface area (Å²) in [6.45, 7) is 9.59. The molecule has 2 aliphatic carbocycles. The molecular formula is C62H46. The molecule has 0 radical (unpaired) electrons. The van der Waals surface area contributed by atoms with Crippen molar-refractivity contribution >= 4 is 21.5 Å². The van der Waals surface area contributed by atoms with E-state index in [1.54, 1.807) is 0 Å². The van der Waals surface area contributed by atoms with Gasteiger partial charge in [-0.1, -0.05) is 198 Å². The van der Waals surface area contributed by atoms with Crippen LogP contribution >= 0.6 is 0 Å². The van der Waals surface area contributed by atoms with Gasteiger partial charge in [0.05, 0.1) is 0 Å². The topological polar surface area (TPSA) is 0 Å². The van der Waals surface area contributed by atoms with Crippen molar-refractivity contribution in [3.8, 4) is 77.9 Å². The Hall–Kier alpha value is -7.28. The number of fused-ring (bicyclic) bond motifs is 8. The van der Waals surface area contributed by atoms with E-state index < -0.39 is 0 Å². The quantitative estimate of drug-likeness (QED) is 0.163. The summed E-state index contributed by atoms with van der Waals surface area (Å²) < 4.78 is 0. The largest absolute Gasteiger partial charge is 0.0616 e. The number of rotatable bonds is 5. The SMILES string of the molecule is CC1(C)c2cc(-c3cccc(-c4cccc5ccccc45)c3)ccc2-c2ccc(-c3ccc4c(c3)C(C)(C)c3cc(-c5cccc(-c6cccc7ccccc67)c5)ccc3-4)cc21. The number of benzene rings is 10. The minimum absolute atomic E-state index is 0.141. The van der Waals surface area contributed by atoms with E-state index in [0.717, 1.165) is 0 Å². The van der Waals surface area contributed by atoms with Crippen LogP contribution in [0.1, 0.15) is 49.9 Å². The maximum absolute atomic E-state index is 2.47. The van der Waals surface area contributed by atoms with Crippen LogP contribution in [0.5, 0.6) is 0 Å². The average Bonchev–Trinajstić information content (AvgIpc) is 3.69. The molecular weight excluding hydrogens is 745 g/mol. The van der Waals surface area contributed by atoms with Crippen molar-refractivity contribution in [2.24, 2.45) is 0 Å². The second-order valence-corrected chi connectivity index (χ2v) is 18.5. The van der Waals surface area contributed by atoms with E-state index in [4.69, 9.17) is 0 Å². The molecule has 10 aromatic carbocycles. The van der Waals surface area contributed by atoms with Gasteiger partial charge in [-0.25, -0.2) is 0 Å². The molecule has 0 saturated heterocycles. The van der Waals surface area contributed by atoms with Crippen LogP contribution in [0, 0.1) is 0 Å². The minimum atomic E-state index is -0.141. The fourth-order valence-electron chi connectivity index (χ4n) is 10.9. The van der Waals surface area contributed by atoms with Crippen LogP contribution in [0.4, 0.5) is 0 Å². The molecule has 0 unspecified atom stereocenters. The van der Waals surface area contributed by atoms with Crippen molar-refractivity contribution in [2.45, 2.75) is 38.5 Å². The monoisotopic (exact) mass is 790 g/mol. The molecule has 0 heteroatoms. The van der Waals surface area contributed by atoms with E-state index in [2.05, 4.69) is 234 Å². The van der Waals surface area contributed by atoms with Crippen molar-refractivity contribution < 1.29 is 0 Å². The molecule has 12 rings (SSSR count). The predicted octanol–water partition coefficient (Wildman–Crippen LogP) is 16.9. The first-order valence-corrected chi connectivity index (χ1v) is 22.0. The van der Waals surface area contributed by atoms with Gasteiger partial charge >= 0.3 is 0 Å². The fraction of sp³-hybridized carbons (Fsp3) is 0.0968. The Kier molecular flexibility index (Phi) is 8.03. The Morgan fingerprint density at radius 1 is 0.226 bits per heavy atom. The van der Waals surface area contributed by atoms with E-state index in [-0.39, 0.29) is 10.8 Å². The Labute approximate surface area is 364 Å². The molecule has 0 aromatic heterocycles. The zero-order valence-electron chi connectivity index (χ0n) is 35.6. The first-order valence-electron chi connectivity index (χ1n) is 22.0. The maximum atomic E-state index is 2.47. The van der Waals surface area contributed by atoms with E-state index in [0.29, 0.717) is 0 Å². The third-order valence-corrected chi connectivity index (χ3v) is 14.3. The highest BCUT2D eigenvalue weighted by Crippen LogP contribution is 2.53. The minimum Gasteiger partial charge on any atom is -0.0616 e. The van der Waals surface area contributed by atoms with Gasteiger partial charge in [-0.2, -0.15) is 0 Å². The maximum Gasteiger partial charge on any atom is 0.0159 e. The predicted molar refractivity (Wildman–Crippen MR) is 264 cm³/mol. The van der Waals surface area contributed by atoms with Crippen LogP contribution < -0.4 is 0 Å². The summed E-state index contributed by atoms with van der Waals surface area (Å²) in [5, 5.41) is 5.11. The summed E-state index contributed by atoms with van der Waals surface area (Å²) >= 11 is 0. The highest BCUT2D eigenvalue weighted by molar-refractivity contribution is 5.99. The van der Waals surface area contributed by atoms with Gasteiger partial charge < -0.3 is 0 Å². The zero-order valence-corrected chi connectivity index (χ0v) is 35.6. The first kappa shape index (κ1) is 36.6. The lowest BCUT2D eigenvalue weighted by Crippen LogP contribution is -2.15. The van der Waals surface area contributed by atoms with Crippen LogP contribution in [-0.4, -0.2) is 0 Å². The molecule has 10 aromatic rings. The third-order valence-electron chi connectivity index (χ3n) is 14.3. The van der Waals surface area contributed by atoms with Crippen molar-refractivity contribution in [3.63, 3.8) is 0 Å². The molecule has 2 aliphatic rings. The Balaban J connectivity index is 0.854. The van der Waals surface area contributed by atoms with E-state index in [9.17, 15) is 0 Å². The lowest BCUT2D eigenvalue weighted by atomic mass is 9.79. The van der Waals surface area contributed by atoms with Gasteiger partial charge in [0.25, 0.3) is 0 Å². The summed E-state index contributed by atoms with van der Waals surface area (Å²) in [5.74, 6) is 0. The Morgan fingerprint density at radius 3 is 0.887 bits per heavy atom. The summed E-state index contributed by atoms with van der Waals surface area (Å²) in [6, 6.07) is 77.2. The highest BCUT2D eigenvalue weighted by atomic mass is 14.4. The summed E-state index contributed by atoms with van der Waals surface area (Å²) in [4.78, 5) is 0. The van der Waals surface area contributed by atoms with E-state index in [1.807, 2.05) is 0 Å². The second-order valence-electron chi connectivity index (χ2n) is 18.5. The standard InChI is InChI=1S/C62H46/c1-61(2)57-35-43(41-17-9-19-47(33-41)51-23-11-15-39-13-5-7-21-49(39)51)25-29-53(57)55-31-27-45(37-59(55)61)46-28-32-56-54-30-26-44(36-58(54)62(3,4)60(56)38-46)42-18-10-20-48(34-42)52-24-12-16-40-14-6-8-22-50(40)52/h5-38H,1-4H3. The average molecular weight is 791 g/mol. The molecule has 0 atom stereocenters. The van der Waals surface area contributed by atoms with Crippen LogP contribution in [0.2, 0.25) is 0 Å². The molecule has 0 bridgehead atoms. The highest BCUT2D eigenvalue weighted by Gasteiger charge is 2.38. The molecule has 62 heavy (non-hydrogen) atoms. The summed E-state index contributed by atoms with van der Waals surface area (Å²) in [7, 11) is 0. The Bertz CT molecular complexity index is 3220. The molecule has 0 N–H and O–H groups in total. The molecule has 0 nitrogen and oxygen atoms in total. The van der Waals surface area contributed by atoms with Gasteiger partial charge in [0.15, 0.2) is 0 Å². The van der Waals surface area contributed by atoms with Gasteiger partial charge in [0.2, 0.25) is 0 Å². The van der Waals surface area contributed by atoms with Gasteiger partial charge in [-0.05, 0) is 158 Å². The number of hydrogen-bond acceptors (Lipinski definition) is 0. The smallest absolute Gasteiger partial charge is 0.0159 e. The van der Waals surface area contributed by atoms with Crippen molar-refractivity contribution in [2.75, 3.05) is 0 Å². The van der Waals surface area contributed by atoms with Crippen LogP contribution in [0.25, 0.3) is 99.4 Å². The van der Waals surface area contributed by atoms with Crippen molar-refractivity contribution in [1.29, 1.82) is 0 Å². The third kappa shape index (κ3) is 5.60. The van der Waals surface area contributed by atoms with Gasteiger partial charge in [0.1, 0.15) is 0 Å². The van der Waals surface area contributed by atoms with Gasteiger partial charge in [0, 0.05) is 10.8 Å². The van der Waals surface area contributed by atoms with Gasteiger partial charge in [-0.15, -0.1) is 0 Å². The Morgan fingerprint density at radius 2 is 0.516 bits per heavy atom. The van der Waals surface area contributed by atoms with E-state index >= 15 is 0 Å². The second kappa shape index (κ2) is 13.6. The lowest BCUT2D eigenvalue weighted by molar-refractivity contribution is 0.660. The molecule has 294 valence electrons. The summed E-state index contributed by atoms with van der Waals surface area (Å²) in [6.07, 6.45) is 0. The molecule has 0 heterocycles. The lowest BCUT2D eigenvalue weighted by Gasteiger charge is -2.24. The normalized spacial score (nSPS) is 14.1. The van der Waals surface area contributed by atoms with Crippen molar-refractivity contribution in [3.05, 3.63) is 229 Å². The molecule has 0 spiro atoms. The van der Waals surface area contributed by atoms with Gasteiger partial charge in [-0.3, -0.25) is 0 Å². The molecule has 0 aliphatic heterocycles. The fourth-order valence-corrected chi connectivity index (χ4v) is 10.9. The number of hydrogen-bond donors (Lipinski definition) is 0. The van der Waals surface area contributed by atoms with Crippen LogP contribution in [0.15, 0.2) is 206 Å². The molecule has 0 amide bonds. The zero-order chi connectivity index (χ0) is 41.7. The molecule has 0 fully saturated rings. The van der Waals surface area contributed by atoms with Crippen LogP contribution in [-0.2, 0) is 10.8 Å². The van der Waals surface area contributed by atoms with Crippen molar-refractivity contribution in [1.82, 2.24) is 0 Å². The first-order chi connectivity index (χ1) is 30.2. The van der Waals surface area contributed by atoms with Crippen LogP contribution in [0.3, 0.4) is 0 Å².